The maximum Gasteiger partial charge on any atom is 0.0783 e. The van der Waals surface area contributed by atoms with E-state index in [9.17, 15) is 0 Å². The van der Waals surface area contributed by atoms with Crippen LogP contribution in [0.4, 0.5) is 0 Å². The van der Waals surface area contributed by atoms with Gasteiger partial charge in [-0.05, 0) is 47.2 Å². The lowest BCUT2D eigenvalue weighted by Gasteiger charge is -2.00. The third kappa shape index (κ3) is 3.09. The van der Waals surface area contributed by atoms with Crippen molar-refractivity contribution in [2.45, 2.75) is 6.42 Å². The van der Waals surface area contributed by atoms with Gasteiger partial charge in [0, 0.05) is 24.2 Å². The van der Waals surface area contributed by atoms with Crippen LogP contribution in [-0.2, 0) is 6.42 Å². The van der Waals surface area contributed by atoms with Crippen LogP contribution in [0.25, 0.3) is 5.69 Å². The van der Waals surface area contributed by atoms with Crippen molar-refractivity contribution in [2.24, 2.45) is 0 Å². The first-order valence-electron chi connectivity index (χ1n) is 5.35. The lowest BCUT2D eigenvalue weighted by molar-refractivity contribution is 0.754. The van der Waals surface area contributed by atoms with Crippen molar-refractivity contribution in [2.75, 3.05) is 13.6 Å². The van der Waals surface area contributed by atoms with Crippen molar-refractivity contribution >= 4 is 27.5 Å². The van der Waals surface area contributed by atoms with Gasteiger partial charge in [0.2, 0.25) is 0 Å². The molecule has 0 saturated carbocycles. The number of benzene rings is 1. The van der Waals surface area contributed by atoms with E-state index < -0.39 is 0 Å². The normalized spacial score (nSPS) is 10.8. The minimum absolute atomic E-state index is 0.732. The molecule has 0 aliphatic rings. The van der Waals surface area contributed by atoms with Crippen molar-refractivity contribution in [1.29, 1.82) is 0 Å². The Bertz CT molecular complexity index is 493. The van der Waals surface area contributed by atoms with Gasteiger partial charge in [-0.1, -0.05) is 11.6 Å². The number of rotatable bonds is 4. The number of nitrogens with one attached hydrogen (secondary N) is 1. The molecule has 1 heterocycles. The molecular formula is C12H13BrClN3. The molecule has 0 bridgehead atoms. The lowest BCUT2D eigenvalue weighted by atomic mass is 10.3. The summed E-state index contributed by atoms with van der Waals surface area (Å²) in [5, 5.41) is 8.38. The summed E-state index contributed by atoms with van der Waals surface area (Å²) < 4.78 is 2.88. The van der Waals surface area contributed by atoms with Crippen LogP contribution in [0.3, 0.4) is 0 Å². The molecule has 0 aliphatic carbocycles. The third-order valence-electron chi connectivity index (χ3n) is 2.44. The van der Waals surface area contributed by atoms with E-state index in [0.717, 1.165) is 33.8 Å². The second-order valence-electron chi connectivity index (χ2n) is 3.70. The predicted molar refractivity (Wildman–Crippen MR) is 73.9 cm³/mol. The summed E-state index contributed by atoms with van der Waals surface area (Å²) in [6.07, 6.45) is 2.87. The van der Waals surface area contributed by atoms with E-state index in [1.165, 1.54) is 0 Å². The van der Waals surface area contributed by atoms with E-state index in [2.05, 4.69) is 26.3 Å². The van der Waals surface area contributed by atoms with Gasteiger partial charge < -0.3 is 5.32 Å². The highest BCUT2D eigenvalue weighted by molar-refractivity contribution is 9.10. The number of hydrogen-bond donors (Lipinski definition) is 1. The second kappa shape index (κ2) is 5.67. The van der Waals surface area contributed by atoms with Crippen LogP contribution < -0.4 is 5.32 Å². The number of hydrogen-bond acceptors (Lipinski definition) is 2. The number of aromatic nitrogens is 2. The van der Waals surface area contributed by atoms with Crippen molar-refractivity contribution in [3.05, 3.63) is 45.7 Å². The molecule has 0 amide bonds. The monoisotopic (exact) mass is 313 g/mol. The minimum atomic E-state index is 0.732. The van der Waals surface area contributed by atoms with Gasteiger partial charge in [0.1, 0.15) is 0 Å². The summed E-state index contributed by atoms with van der Waals surface area (Å²) >= 11 is 9.38. The number of likely N-dealkylation sites (N-methyl/N-ethyl adjacent to an activating group) is 1. The zero-order valence-electron chi connectivity index (χ0n) is 9.45. The smallest absolute Gasteiger partial charge is 0.0783 e. The number of halogens is 2. The van der Waals surface area contributed by atoms with Gasteiger partial charge in [0.05, 0.1) is 15.9 Å². The molecule has 0 unspecified atom stereocenters. The van der Waals surface area contributed by atoms with Crippen molar-refractivity contribution in [3.8, 4) is 5.69 Å². The maximum absolute atomic E-state index is 5.86. The summed E-state index contributed by atoms with van der Waals surface area (Å²) in [5.41, 5.74) is 2.06. The van der Waals surface area contributed by atoms with Gasteiger partial charge in [-0.15, -0.1) is 0 Å². The number of nitrogens with zero attached hydrogens (tertiary/aromatic N) is 2. The van der Waals surface area contributed by atoms with Gasteiger partial charge in [0.25, 0.3) is 0 Å². The van der Waals surface area contributed by atoms with Gasteiger partial charge in [-0.25, -0.2) is 4.68 Å². The molecule has 0 spiro atoms. The largest absolute Gasteiger partial charge is 0.319 e. The van der Waals surface area contributed by atoms with Crippen LogP contribution in [0.2, 0.25) is 5.02 Å². The second-order valence-corrected chi connectivity index (χ2v) is 4.99. The van der Waals surface area contributed by atoms with E-state index in [1.54, 1.807) is 0 Å². The minimum Gasteiger partial charge on any atom is -0.319 e. The Morgan fingerprint density at radius 1 is 1.35 bits per heavy atom. The molecule has 90 valence electrons. The molecule has 5 heteroatoms. The van der Waals surface area contributed by atoms with Crippen LogP contribution in [-0.4, -0.2) is 23.4 Å². The Morgan fingerprint density at radius 3 is 2.71 bits per heavy atom. The van der Waals surface area contributed by atoms with Crippen LogP contribution in [0.5, 0.6) is 0 Å². The van der Waals surface area contributed by atoms with Gasteiger partial charge in [-0.2, -0.15) is 5.10 Å². The Labute approximate surface area is 114 Å². The first-order valence-corrected chi connectivity index (χ1v) is 6.52. The van der Waals surface area contributed by atoms with Crippen molar-refractivity contribution < 1.29 is 0 Å². The molecule has 3 nitrogen and oxygen atoms in total. The lowest BCUT2D eigenvalue weighted by Crippen LogP contribution is -2.11. The standard InChI is InChI=1S/C12H13BrClN3/c1-15-7-6-12-11(13)8-17(16-12)10-4-2-9(14)3-5-10/h2-5,8,15H,6-7H2,1H3. The van der Waals surface area contributed by atoms with E-state index >= 15 is 0 Å². The van der Waals surface area contributed by atoms with Gasteiger partial charge in [-0.3, -0.25) is 0 Å². The van der Waals surface area contributed by atoms with E-state index in [0.29, 0.717) is 0 Å². The molecule has 0 atom stereocenters. The molecule has 1 aromatic heterocycles. The molecule has 1 N–H and O–H groups in total. The average Bonchev–Trinajstić information content (AvgIpc) is 2.69. The summed E-state index contributed by atoms with van der Waals surface area (Å²) in [5.74, 6) is 0. The van der Waals surface area contributed by atoms with Gasteiger partial charge >= 0.3 is 0 Å². The fraction of sp³-hybridized carbons (Fsp3) is 0.250. The summed E-state index contributed by atoms with van der Waals surface area (Å²) in [6.45, 7) is 0.913. The van der Waals surface area contributed by atoms with Crippen LogP contribution >= 0.6 is 27.5 Å². The molecule has 0 saturated heterocycles. The van der Waals surface area contributed by atoms with Crippen LogP contribution in [0.15, 0.2) is 34.9 Å². The predicted octanol–water partition coefficient (Wildman–Crippen LogP) is 3.05. The molecule has 0 radical (unpaired) electrons. The van der Waals surface area contributed by atoms with Crippen LogP contribution in [0, 0.1) is 0 Å². The Morgan fingerprint density at radius 2 is 2.06 bits per heavy atom. The average molecular weight is 315 g/mol. The molecule has 0 fully saturated rings. The summed E-state index contributed by atoms with van der Waals surface area (Å²) in [7, 11) is 1.93. The van der Waals surface area contributed by atoms with E-state index in [1.807, 2.05) is 42.2 Å². The fourth-order valence-electron chi connectivity index (χ4n) is 1.53. The van der Waals surface area contributed by atoms with Crippen molar-refractivity contribution in [1.82, 2.24) is 15.1 Å². The highest BCUT2D eigenvalue weighted by atomic mass is 79.9. The van der Waals surface area contributed by atoms with E-state index in [-0.39, 0.29) is 0 Å². The Balaban J connectivity index is 2.24. The SMILES string of the molecule is CNCCc1nn(-c2ccc(Cl)cc2)cc1Br. The first kappa shape index (κ1) is 12.6. The topological polar surface area (TPSA) is 29.9 Å². The highest BCUT2D eigenvalue weighted by Gasteiger charge is 2.07. The first-order chi connectivity index (χ1) is 8.20. The van der Waals surface area contributed by atoms with Gasteiger partial charge in [0.15, 0.2) is 0 Å². The van der Waals surface area contributed by atoms with Crippen LogP contribution in [0.1, 0.15) is 5.69 Å². The Kier molecular flexibility index (Phi) is 4.20. The van der Waals surface area contributed by atoms with E-state index in [4.69, 9.17) is 11.6 Å². The zero-order valence-corrected chi connectivity index (χ0v) is 11.8. The maximum atomic E-state index is 5.86. The molecule has 2 aromatic rings. The molecule has 17 heavy (non-hydrogen) atoms. The molecular weight excluding hydrogens is 302 g/mol. The molecule has 0 aliphatic heterocycles. The zero-order chi connectivity index (χ0) is 12.3. The summed E-state index contributed by atoms with van der Waals surface area (Å²) in [6, 6.07) is 7.62. The molecule has 2 rings (SSSR count). The van der Waals surface area contributed by atoms with Crippen molar-refractivity contribution in [3.63, 3.8) is 0 Å². The molecule has 1 aromatic carbocycles. The fourth-order valence-corrected chi connectivity index (χ4v) is 2.12. The summed E-state index contributed by atoms with van der Waals surface area (Å²) in [4.78, 5) is 0. The third-order valence-corrected chi connectivity index (χ3v) is 3.36. The quantitative estimate of drug-likeness (QED) is 0.940. The highest BCUT2D eigenvalue weighted by Crippen LogP contribution is 2.19. The Hall–Kier alpha value is -0.840.